The summed E-state index contributed by atoms with van der Waals surface area (Å²) in [5, 5.41) is 0. The third-order valence-corrected chi connectivity index (χ3v) is 2.60. The van der Waals surface area contributed by atoms with Crippen LogP contribution in [0, 0.1) is 5.41 Å². The van der Waals surface area contributed by atoms with E-state index in [1.54, 1.807) is 0 Å². The van der Waals surface area contributed by atoms with E-state index in [2.05, 4.69) is 16.2 Å². The zero-order valence-corrected chi connectivity index (χ0v) is 6.77. The molecule has 0 aromatic rings. The Morgan fingerprint density at radius 3 is 2.25 bits per heavy atom. The van der Waals surface area contributed by atoms with Crippen molar-refractivity contribution in [1.82, 2.24) is 0 Å². The molecule has 0 amide bonds. The number of hydrogen-bond acceptors (Lipinski definition) is 0. The van der Waals surface area contributed by atoms with E-state index in [0.29, 0.717) is 0 Å². The molecule has 1 atom stereocenters. The Hall–Kier alpha value is 0.430. The van der Waals surface area contributed by atoms with E-state index in [9.17, 15) is 0 Å². The van der Waals surface area contributed by atoms with Crippen molar-refractivity contribution >= 4 is 9.24 Å². The maximum absolute atomic E-state index is 2.81. The van der Waals surface area contributed by atoms with Crippen LogP contribution in [0.25, 0.3) is 0 Å². The van der Waals surface area contributed by atoms with Crippen molar-refractivity contribution in [3.05, 3.63) is 0 Å². The molecule has 1 rings (SSSR count). The maximum Gasteiger partial charge on any atom is -0.0323 e. The second-order valence-electron chi connectivity index (χ2n) is 3.20. The normalized spacial score (nSPS) is 24.8. The van der Waals surface area contributed by atoms with Gasteiger partial charge in [-0.05, 0) is 30.8 Å². The molecule has 0 nitrogen and oxygen atoms in total. The van der Waals surface area contributed by atoms with Gasteiger partial charge in [0.05, 0.1) is 0 Å². The van der Waals surface area contributed by atoms with Crippen LogP contribution in [0.5, 0.6) is 0 Å². The van der Waals surface area contributed by atoms with E-state index in [1.165, 1.54) is 31.8 Å². The molecule has 1 fully saturated rings. The van der Waals surface area contributed by atoms with Crippen LogP contribution in [-0.4, -0.2) is 6.16 Å². The van der Waals surface area contributed by atoms with E-state index in [1.807, 2.05) is 0 Å². The number of hydrogen-bond donors (Lipinski definition) is 0. The van der Waals surface area contributed by atoms with Crippen molar-refractivity contribution in [2.24, 2.45) is 5.41 Å². The zero-order chi connectivity index (χ0) is 6.04. The lowest BCUT2D eigenvalue weighted by Gasteiger charge is -2.38. The van der Waals surface area contributed by atoms with Crippen molar-refractivity contribution in [1.29, 1.82) is 0 Å². The Bertz CT molecular complexity index is 74.5. The summed E-state index contributed by atoms with van der Waals surface area (Å²) >= 11 is 0. The van der Waals surface area contributed by atoms with Crippen molar-refractivity contribution in [3.8, 4) is 0 Å². The molecule has 0 heterocycles. The van der Waals surface area contributed by atoms with Crippen molar-refractivity contribution in [3.63, 3.8) is 0 Å². The minimum Gasteiger partial charge on any atom is -0.138 e. The maximum atomic E-state index is 2.81. The summed E-state index contributed by atoms with van der Waals surface area (Å²) in [5.74, 6) is 0. The molecule has 0 saturated heterocycles. The van der Waals surface area contributed by atoms with Crippen LogP contribution < -0.4 is 0 Å². The monoisotopic (exact) mass is 130 g/mol. The predicted octanol–water partition coefficient (Wildman–Crippen LogP) is 2.44. The first-order chi connectivity index (χ1) is 3.77. The molecule has 8 heavy (non-hydrogen) atoms. The van der Waals surface area contributed by atoms with E-state index in [-0.39, 0.29) is 0 Å². The van der Waals surface area contributed by atoms with Gasteiger partial charge in [-0.1, -0.05) is 13.3 Å². The molecule has 0 bridgehead atoms. The first-order valence-corrected chi connectivity index (χ1v) is 4.29. The molecule has 0 aromatic heterocycles. The van der Waals surface area contributed by atoms with Crippen LogP contribution in [0.4, 0.5) is 0 Å². The molecule has 1 saturated carbocycles. The summed E-state index contributed by atoms with van der Waals surface area (Å²) in [6.07, 6.45) is 7.12. The fourth-order valence-corrected chi connectivity index (χ4v) is 2.08. The Kier molecular flexibility index (Phi) is 1.92. The molecule has 0 radical (unpaired) electrons. The largest absolute Gasteiger partial charge is 0.138 e. The van der Waals surface area contributed by atoms with Gasteiger partial charge >= 0.3 is 0 Å². The average Bonchev–Trinajstić information content (AvgIpc) is 1.64. The molecule has 0 spiro atoms. The summed E-state index contributed by atoms with van der Waals surface area (Å²) in [5.41, 5.74) is 0.752. The molecule has 0 N–H and O–H groups in total. The van der Waals surface area contributed by atoms with E-state index >= 15 is 0 Å². The van der Waals surface area contributed by atoms with Crippen LogP contribution in [0.3, 0.4) is 0 Å². The molecular weight excluding hydrogens is 115 g/mol. The van der Waals surface area contributed by atoms with Crippen LogP contribution in [0.15, 0.2) is 0 Å². The molecule has 1 unspecified atom stereocenters. The molecular formula is C7H15P. The van der Waals surface area contributed by atoms with E-state index < -0.39 is 0 Å². The molecule has 1 aliphatic carbocycles. The lowest BCUT2D eigenvalue weighted by atomic mass is 9.69. The fourth-order valence-electron chi connectivity index (χ4n) is 1.38. The van der Waals surface area contributed by atoms with Crippen LogP contribution in [-0.2, 0) is 0 Å². The Labute approximate surface area is 54.3 Å². The first-order valence-electron chi connectivity index (χ1n) is 3.47. The van der Waals surface area contributed by atoms with Gasteiger partial charge in [0.25, 0.3) is 0 Å². The number of rotatable bonds is 2. The SMILES string of the molecule is CC1(CCP)CCC1. The fraction of sp³-hybridized carbons (Fsp3) is 1.00. The Morgan fingerprint density at radius 1 is 1.50 bits per heavy atom. The highest BCUT2D eigenvalue weighted by molar-refractivity contribution is 7.16. The van der Waals surface area contributed by atoms with E-state index in [4.69, 9.17) is 0 Å². The van der Waals surface area contributed by atoms with Crippen molar-refractivity contribution in [2.45, 2.75) is 32.6 Å². The third-order valence-electron chi connectivity index (χ3n) is 2.31. The molecule has 1 heteroatoms. The average molecular weight is 130 g/mol. The van der Waals surface area contributed by atoms with Gasteiger partial charge in [-0.2, -0.15) is 0 Å². The predicted molar refractivity (Wildman–Crippen MR) is 41.2 cm³/mol. The van der Waals surface area contributed by atoms with Gasteiger partial charge < -0.3 is 0 Å². The zero-order valence-electron chi connectivity index (χ0n) is 5.61. The minimum absolute atomic E-state index is 0.752. The van der Waals surface area contributed by atoms with Gasteiger partial charge in [0.1, 0.15) is 0 Å². The quantitative estimate of drug-likeness (QED) is 0.503. The topological polar surface area (TPSA) is 0 Å². The first kappa shape index (κ1) is 6.55. The second kappa shape index (κ2) is 2.35. The third kappa shape index (κ3) is 1.23. The van der Waals surface area contributed by atoms with E-state index in [0.717, 1.165) is 5.41 Å². The van der Waals surface area contributed by atoms with Crippen molar-refractivity contribution < 1.29 is 0 Å². The summed E-state index contributed by atoms with van der Waals surface area (Å²) < 4.78 is 0. The van der Waals surface area contributed by atoms with Gasteiger partial charge in [-0.3, -0.25) is 0 Å². The van der Waals surface area contributed by atoms with Crippen LogP contribution in [0.1, 0.15) is 32.6 Å². The molecule has 0 aliphatic heterocycles. The Balaban J connectivity index is 2.20. The van der Waals surface area contributed by atoms with Gasteiger partial charge in [0.15, 0.2) is 0 Å². The van der Waals surface area contributed by atoms with Crippen LogP contribution >= 0.6 is 9.24 Å². The lowest BCUT2D eigenvalue weighted by Crippen LogP contribution is -2.25. The highest BCUT2D eigenvalue weighted by Crippen LogP contribution is 2.43. The van der Waals surface area contributed by atoms with Gasteiger partial charge in [-0.15, -0.1) is 9.24 Å². The molecule has 1 aliphatic rings. The summed E-state index contributed by atoms with van der Waals surface area (Å²) in [6, 6.07) is 0. The van der Waals surface area contributed by atoms with Gasteiger partial charge in [0, 0.05) is 0 Å². The van der Waals surface area contributed by atoms with Crippen LogP contribution in [0.2, 0.25) is 0 Å². The second-order valence-corrected chi connectivity index (χ2v) is 3.78. The highest BCUT2D eigenvalue weighted by Gasteiger charge is 2.29. The standard InChI is InChI=1S/C7H15P/c1-7(5-6-8)3-2-4-7/h2-6,8H2,1H3. The minimum atomic E-state index is 0.752. The van der Waals surface area contributed by atoms with Gasteiger partial charge in [-0.25, -0.2) is 0 Å². The smallest absolute Gasteiger partial charge is 0.0323 e. The summed E-state index contributed by atoms with van der Waals surface area (Å²) in [6.45, 7) is 2.40. The Morgan fingerprint density at radius 2 is 2.12 bits per heavy atom. The summed E-state index contributed by atoms with van der Waals surface area (Å²) in [7, 11) is 2.81. The lowest BCUT2D eigenvalue weighted by molar-refractivity contribution is 0.156. The molecule has 48 valence electrons. The molecule has 0 aromatic carbocycles. The van der Waals surface area contributed by atoms with Gasteiger partial charge in [0.2, 0.25) is 0 Å². The highest BCUT2D eigenvalue weighted by atomic mass is 31.0. The summed E-state index contributed by atoms with van der Waals surface area (Å²) in [4.78, 5) is 0. The van der Waals surface area contributed by atoms with Crippen molar-refractivity contribution in [2.75, 3.05) is 6.16 Å².